The van der Waals surface area contributed by atoms with Gasteiger partial charge in [0, 0.05) is 19.1 Å². The second-order valence-electron chi connectivity index (χ2n) is 5.94. The van der Waals surface area contributed by atoms with E-state index in [0.29, 0.717) is 24.8 Å². The number of benzene rings is 1. The average Bonchev–Trinajstić information content (AvgIpc) is 3.37. The highest BCUT2D eigenvalue weighted by atomic mass is 32.2. The first-order valence-corrected chi connectivity index (χ1v) is 8.89. The van der Waals surface area contributed by atoms with Gasteiger partial charge < -0.3 is 10.5 Å². The maximum atomic E-state index is 13.0. The van der Waals surface area contributed by atoms with E-state index in [0.717, 1.165) is 31.2 Å². The van der Waals surface area contributed by atoms with E-state index in [2.05, 4.69) is 0 Å². The van der Waals surface area contributed by atoms with Gasteiger partial charge in [-0.25, -0.2) is 8.42 Å². The molecule has 0 unspecified atom stereocenters. The molecule has 0 aromatic heterocycles. The van der Waals surface area contributed by atoms with Crippen LogP contribution in [0.25, 0.3) is 0 Å². The number of methoxy groups -OCH3 is 1. The van der Waals surface area contributed by atoms with E-state index in [-0.39, 0.29) is 10.9 Å². The average molecular weight is 310 g/mol. The van der Waals surface area contributed by atoms with Crippen molar-refractivity contribution in [1.29, 1.82) is 0 Å². The van der Waals surface area contributed by atoms with Gasteiger partial charge in [0.25, 0.3) is 0 Å². The second kappa shape index (κ2) is 5.59. The molecule has 2 saturated carbocycles. The first kappa shape index (κ1) is 14.8. The Morgan fingerprint density at radius 1 is 1.29 bits per heavy atom. The Hall–Kier alpha value is -1.11. The van der Waals surface area contributed by atoms with Crippen molar-refractivity contribution in [2.75, 3.05) is 13.7 Å². The largest absolute Gasteiger partial charge is 0.495 e. The SMILES string of the molecule is COc1cc(CN)ccc1S(=O)(=O)N(CC1CC1)C1CC1. The molecular formula is C15H22N2O3S. The Morgan fingerprint density at radius 3 is 2.52 bits per heavy atom. The van der Waals surface area contributed by atoms with E-state index in [1.165, 1.54) is 7.11 Å². The molecule has 0 heterocycles. The second-order valence-corrected chi connectivity index (χ2v) is 7.80. The van der Waals surface area contributed by atoms with Gasteiger partial charge in [-0.2, -0.15) is 4.31 Å². The molecule has 0 radical (unpaired) electrons. The van der Waals surface area contributed by atoms with Crippen molar-refractivity contribution in [1.82, 2.24) is 4.31 Å². The van der Waals surface area contributed by atoms with Crippen LogP contribution >= 0.6 is 0 Å². The van der Waals surface area contributed by atoms with Gasteiger partial charge in [0.05, 0.1) is 7.11 Å². The Labute approximate surface area is 126 Å². The smallest absolute Gasteiger partial charge is 0.247 e. The standard InChI is InChI=1S/C15H22N2O3S/c1-20-14-8-12(9-16)4-7-15(14)21(18,19)17(13-5-6-13)10-11-2-3-11/h4,7-8,11,13H,2-3,5-6,9-10,16H2,1H3. The van der Waals surface area contributed by atoms with Gasteiger partial charge in [-0.05, 0) is 49.3 Å². The van der Waals surface area contributed by atoms with E-state index >= 15 is 0 Å². The minimum atomic E-state index is -3.49. The molecule has 21 heavy (non-hydrogen) atoms. The van der Waals surface area contributed by atoms with Gasteiger partial charge in [0.15, 0.2) is 0 Å². The molecule has 0 atom stereocenters. The van der Waals surface area contributed by atoms with Gasteiger partial charge in [0.1, 0.15) is 10.6 Å². The molecule has 3 rings (SSSR count). The number of nitrogens with two attached hydrogens (primary N) is 1. The maximum absolute atomic E-state index is 13.0. The van der Waals surface area contributed by atoms with Crippen LogP contribution in [0.3, 0.4) is 0 Å². The monoisotopic (exact) mass is 310 g/mol. The van der Waals surface area contributed by atoms with Crippen LogP contribution in [0.4, 0.5) is 0 Å². The summed E-state index contributed by atoms with van der Waals surface area (Å²) in [6.07, 6.45) is 4.22. The molecule has 0 amide bonds. The lowest BCUT2D eigenvalue weighted by atomic mass is 10.2. The quantitative estimate of drug-likeness (QED) is 0.832. The zero-order valence-corrected chi connectivity index (χ0v) is 13.1. The molecule has 2 fully saturated rings. The Bertz CT molecular complexity index is 622. The minimum absolute atomic E-state index is 0.175. The lowest BCUT2D eigenvalue weighted by Crippen LogP contribution is -2.35. The molecule has 1 aromatic carbocycles. The Balaban J connectivity index is 1.95. The third-order valence-corrected chi connectivity index (χ3v) is 6.10. The van der Waals surface area contributed by atoms with E-state index in [1.54, 1.807) is 22.5 Å². The molecule has 2 aliphatic carbocycles. The Morgan fingerprint density at radius 2 is 2.00 bits per heavy atom. The molecule has 1 aromatic rings. The van der Waals surface area contributed by atoms with Crippen molar-refractivity contribution in [2.24, 2.45) is 11.7 Å². The first-order chi connectivity index (χ1) is 10.1. The van der Waals surface area contributed by atoms with Crippen LogP contribution in [0.15, 0.2) is 23.1 Å². The van der Waals surface area contributed by atoms with Crippen molar-refractivity contribution >= 4 is 10.0 Å². The zero-order chi connectivity index (χ0) is 15.0. The predicted molar refractivity (Wildman–Crippen MR) is 80.5 cm³/mol. The van der Waals surface area contributed by atoms with Crippen molar-refractivity contribution in [3.63, 3.8) is 0 Å². The molecular weight excluding hydrogens is 288 g/mol. The fourth-order valence-electron chi connectivity index (χ4n) is 2.54. The summed E-state index contributed by atoms with van der Waals surface area (Å²) in [5, 5.41) is 0. The van der Waals surface area contributed by atoms with Gasteiger partial charge in [0.2, 0.25) is 10.0 Å². The first-order valence-electron chi connectivity index (χ1n) is 7.45. The summed E-state index contributed by atoms with van der Waals surface area (Å²) in [4.78, 5) is 0.259. The van der Waals surface area contributed by atoms with E-state index in [1.807, 2.05) is 0 Å². The third kappa shape index (κ3) is 3.07. The predicted octanol–water partition coefficient (Wildman–Crippen LogP) is 1.72. The van der Waals surface area contributed by atoms with Crippen LogP contribution in [0.5, 0.6) is 5.75 Å². The molecule has 0 bridgehead atoms. The molecule has 2 aliphatic rings. The van der Waals surface area contributed by atoms with Gasteiger partial charge in [-0.1, -0.05) is 6.07 Å². The van der Waals surface area contributed by atoms with Gasteiger partial charge >= 0.3 is 0 Å². The molecule has 0 spiro atoms. The highest BCUT2D eigenvalue weighted by Gasteiger charge is 2.42. The molecule has 6 heteroatoms. The maximum Gasteiger partial charge on any atom is 0.247 e. The zero-order valence-electron chi connectivity index (χ0n) is 12.3. The fraction of sp³-hybridized carbons (Fsp3) is 0.600. The van der Waals surface area contributed by atoms with Crippen molar-refractivity contribution < 1.29 is 13.2 Å². The highest BCUT2D eigenvalue weighted by molar-refractivity contribution is 7.89. The van der Waals surface area contributed by atoms with Crippen LogP contribution in [-0.2, 0) is 16.6 Å². The highest BCUT2D eigenvalue weighted by Crippen LogP contribution is 2.39. The lowest BCUT2D eigenvalue weighted by molar-refractivity contribution is 0.376. The van der Waals surface area contributed by atoms with Crippen molar-refractivity contribution in [3.05, 3.63) is 23.8 Å². The summed E-state index contributed by atoms with van der Waals surface area (Å²) in [5.41, 5.74) is 6.48. The number of hydrogen-bond donors (Lipinski definition) is 1. The normalized spacial score (nSPS) is 19.0. The summed E-state index contributed by atoms with van der Waals surface area (Å²) in [6.45, 7) is 1.01. The topological polar surface area (TPSA) is 72.6 Å². The van der Waals surface area contributed by atoms with Crippen LogP contribution in [0, 0.1) is 5.92 Å². The van der Waals surface area contributed by atoms with Crippen LogP contribution in [0.2, 0.25) is 0 Å². The van der Waals surface area contributed by atoms with Crippen LogP contribution in [-0.4, -0.2) is 32.4 Å². The summed E-state index contributed by atoms with van der Waals surface area (Å²) >= 11 is 0. The number of rotatable bonds is 7. The van der Waals surface area contributed by atoms with E-state index in [9.17, 15) is 8.42 Å². The van der Waals surface area contributed by atoms with Crippen molar-refractivity contribution in [2.45, 2.75) is 43.2 Å². The minimum Gasteiger partial charge on any atom is -0.495 e. The van der Waals surface area contributed by atoms with E-state index in [4.69, 9.17) is 10.5 Å². The van der Waals surface area contributed by atoms with Crippen LogP contribution in [0.1, 0.15) is 31.2 Å². The summed E-state index contributed by atoms with van der Waals surface area (Å²) in [6, 6.07) is 5.28. The number of ether oxygens (including phenoxy) is 1. The molecule has 5 nitrogen and oxygen atoms in total. The van der Waals surface area contributed by atoms with Crippen LogP contribution < -0.4 is 10.5 Å². The lowest BCUT2D eigenvalue weighted by Gasteiger charge is -2.23. The molecule has 116 valence electrons. The summed E-state index contributed by atoms with van der Waals surface area (Å²) in [5.74, 6) is 0.925. The number of nitrogens with zero attached hydrogens (tertiary/aromatic N) is 1. The number of sulfonamides is 1. The van der Waals surface area contributed by atoms with Gasteiger partial charge in [-0.3, -0.25) is 0 Å². The summed E-state index contributed by atoms with van der Waals surface area (Å²) < 4.78 is 32.9. The molecule has 0 saturated heterocycles. The van der Waals surface area contributed by atoms with Crippen molar-refractivity contribution in [3.8, 4) is 5.75 Å². The third-order valence-electron chi connectivity index (χ3n) is 4.14. The summed E-state index contributed by atoms with van der Waals surface area (Å²) in [7, 11) is -2.00. The Kier molecular flexibility index (Phi) is 3.94. The molecule has 2 N–H and O–H groups in total. The molecule has 0 aliphatic heterocycles. The number of hydrogen-bond acceptors (Lipinski definition) is 4. The van der Waals surface area contributed by atoms with Gasteiger partial charge in [-0.15, -0.1) is 0 Å². The van der Waals surface area contributed by atoms with E-state index < -0.39 is 10.0 Å². The fourth-order valence-corrected chi connectivity index (χ4v) is 4.44.